The second kappa shape index (κ2) is 6.94. The van der Waals surface area contributed by atoms with Crippen LogP contribution in [-0.4, -0.2) is 32.7 Å². The minimum absolute atomic E-state index is 0.259. The molecule has 0 radical (unpaired) electrons. The number of hydrogen-bond acceptors (Lipinski definition) is 5. The average molecular weight is 231 g/mol. The van der Waals surface area contributed by atoms with E-state index in [-0.39, 0.29) is 4.90 Å². The van der Waals surface area contributed by atoms with Crippen molar-refractivity contribution in [3.63, 3.8) is 0 Å². The van der Waals surface area contributed by atoms with Crippen molar-refractivity contribution in [2.75, 3.05) is 12.9 Å². The molecule has 15 heavy (non-hydrogen) atoms. The molecule has 0 saturated heterocycles. The molecule has 84 valence electrons. The van der Waals surface area contributed by atoms with Gasteiger partial charge >= 0.3 is 0 Å². The van der Waals surface area contributed by atoms with E-state index in [0.29, 0.717) is 13.1 Å². The minimum atomic E-state index is -3.07. The molecule has 1 aromatic heterocycles. The van der Waals surface area contributed by atoms with Crippen LogP contribution >= 0.6 is 0 Å². The molecule has 0 atom stereocenters. The van der Waals surface area contributed by atoms with Gasteiger partial charge in [0.25, 0.3) is 6.47 Å². The zero-order valence-electron chi connectivity index (χ0n) is 8.58. The Morgan fingerprint density at radius 2 is 2.20 bits per heavy atom. The van der Waals surface area contributed by atoms with Gasteiger partial charge in [0.2, 0.25) is 0 Å². The fourth-order valence-corrected chi connectivity index (χ4v) is 1.21. The Labute approximate surface area is 89.0 Å². The number of rotatable bonds is 3. The van der Waals surface area contributed by atoms with Crippen molar-refractivity contribution in [1.29, 1.82) is 0 Å². The highest BCUT2D eigenvalue weighted by atomic mass is 32.2. The lowest BCUT2D eigenvalue weighted by atomic mass is 10.5. The zero-order valence-corrected chi connectivity index (χ0v) is 9.40. The maximum Gasteiger partial charge on any atom is 0.293 e. The van der Waals surface area contributed by atoms with Crippen LogP contribution in [0.4, 0.5) is 0 Å². The fraction of sp³-hybridized carbons (Fsp3) is 0.333. The number of ether oxygens (including phenoxy) is 1. The highest BCUT2D eigenvalue weighted by Crippen LogP contribution is 2.03. The average Bonchev–Trinajstić information content (AvgIpc) is 2.20. The molecule has 5 nitrogen and oxygen atoms in total. The van der Waals surface area contributed by atoms with Gasteiger partial charge in [-0.3, -0.25) is 9.78 Å². The van der Waals surface area contributed by atoms with Gasteiger partial charge in [-0.2, -0.15) is 0 Å². The van der Waals surface area contributed by atoms with Gasteiger partial charge in [-0.1, -0.05) is 0 Å². The van der Waals surface area contributed by atoms with Gasteiger partial charge in [-0.15, -0.1) is 0 Å². The Morgan fingerprint density at radius 3 is 2.40 bits per heavy atom. The van der Waals surface area contributed by atoms with Gasteiger partial charge in [0.15, 0.2) is 9.84 Å². The predicted octanol–water partition coefficient (Wildman–Crippen LogP) is 0.664. The highest BCUT2D eigenvalue weighted by molar-refractivity contribution is 7.90. The molecule has 0 saturated carbocycles. The van der Waals surface area contributed by atoms with Crippen LogP contribution in [0.1, 0.15) is 6.92 Å². The Hall–Kier alpha value is -1.43. The molecule has 0 fully saturated rings. The monoisotopic (exact) mass is 231 g/mol. The first-order chi connectivity index (χ1) is 7.02. The van der Waals surface area contributed by atoms with Crippen LogP contribution in [0.5, 0.6) is 0 Å². The molecular formula is C9H13NO4S. The Kier molecular flexibility index (Phi) is 6.28. The number of aromatic nitrogens is 1. The summed E-state index contributed by atoms with van der Waals surface area (Å²) < 4.78 is 25.7. The van der Waals surface area contributed by atoms with Crippen molar-refractivity contribution < 1.29 is 17.9 Å². The fourth-order valence-electron chi connectivity index (χ4n) is 0.634. The van der Waals surface area contributed by atoms with Gasteiger partial charge in [0.1, 0.15) is 0 Å². The van der Waals surface area contributed by atoms with Gasteiger partial charge in [-0.05, 0) is 19.1 Å². The number of carbonyl (C=O) groups excluding carboxylic acids is 1. The number of sulfone groups is 1. The molecular weight excluding hydrogens is 218 g/mol. The first-order valence-electron chi connectivity index (χ1n) is 4.17. The van der Waals surface area contributed by atoms with Crippen molar-refractivity contribution in [3.05, 3.63) is 24.5 Å². The Morgan fingerprint density at radius 1 is 1.53 bits per heavy atom. The third-order valence-electron chi connectivity index (χ3n) is 1.30. The SMILES string of the molecule is CCOC=O.CS(=O)(=O)c1cccnc1. The second-order valence-electron chi connectivity index (χ2n) is 2.51. The second-order valence-corrected chi connectivity index (χ2v) is 4.53. The molecule has 0 spiro atoms. The predicted molar refractivity (Wildman–Crippen MR) is 55.0 cm³/mol. The van der Waals surface area contributed by atoms with Crippen LogP contribution < -0.4 is 0 Å². The maximum atomic E-state index is 10.8. The van der Waals surface area contributed by atoms with Crippen LogP contribution in [0, 0.1) is 0 Å². The molecule has 0 N–H and O–H groups in total. The lowest BCUT2D eigenvalue weighted by Gasteiger charge is -1.92. The molecule has 0 aliphatic carbocycles. The van der Waals surface area contributed by atoms with Crippen molar-refractivity contribution in [3.8, 4) is 0 Å². The van der Waals surface area contributed by atoms with E-state index in [1.165, 1.54) is 18.5 Å². The highest BCUT2D eigenvalue weighted by Gasteiger charge is 2.03. The smallest absolute Gasteiger partial charge is 0.293 e. The Bertz CT molecular complexity index is 374. The van der Waals surface area contributed by atoms with Crippen LogP contribution in [0.3, 0.4) is 0 Å². The van der Waals surface area contributed by atoms with Crippen molar-refractivity contribution in [1.82, 2.24) is 4.98 Å². The quantitative estimate of drug-likeness (QED) is 0.715. The molecule has 0 aromatic carbocycles. The standard InChI is InChI=1S/C6H7NO2S.C3H6O2/c1-10(8,9)6-3-2-4-7-5-6;1-2-5-3-4/h2-5H,1H3;3H,2H2,1H3. The molecule has 6 heteroatoms. The molecule has 0 unspecified atom stereocenters. The van der Waals surface area contributed by atoms with Crippen LogP contribution in [0.15, 0.2) is 29.4 Å². The summed E-state index contributed by atoms with van der Waals surface area (Å²) in [4.78, 5) is 13.1. The summed E-state index contributed by atoms with van der Waals surface area (Å²) in [6, 6.07) is 3.11. The minimum Gasteiger partial charge on any atom is -0.468 e. The van der Waals surface area contributed by atoms with Crippen LogP contribution in [0.2, 0.25) is 0 Å². The molecule has 1 aromatic rings. The van der Waals surface area contributed by atoms with Gasteiger partial charge < -0.3 is 4.74 Å². The van der Waals surface area contributed by atoms with Crippen LogP contribution in [0.25, 0.3) is 0 Å². The first-order valence-corrected chi connectivity index (χ1v) is 6.06. The largest absolute Gasteiger partial charge is 0.468 e. The summed E-state index contributed by atoms with van der Waals surface area (Å²) >= 11 is 0. The number of pyridine rings is 1. The maximum absolute atomic E-state index is 10.8. The van der Waals surface area contributed by atoms with Crippen molar-refractivity contribution in [2.24, 2.45) is 0 Å². The van der Waals surface area contributed by atoms with Gasteiger partial charge in [-0.25, -0.2) is 8.42 Å². The molecule has 0 amide bonds. The van der Waals surface area contributed by atoms with E-state index < -0.39 is 9.84 Å². The van der Waals surface area contributed by atoms with E-state index in [1.807, 2.05) is 0 Å². The summed E-state index contributed by atoms with van der Waals surface area (Å²) in [6.07, 6.45) is 4.02. The van der Waals surface area contributed by atoms with E-state index >= 15 is 0 Å². The number of hydrogen-bond donors (Lipinski definition) is 0. The number of nitrogens with zero attached hydrogens (tertiary/aromatic N) is 1. The molecule has 0 aliphatic heterocycles. The summed E-state index contributed by atoms with van der Waals surface area (Å²) in [5, 5.41) is 0. The van der Waals surface area contributed by atoms with Crippen LogP contribution in [-0.2, 0) is 19.4 Å². The normalized spacial score (nSPS) is 9.73. The van der Waals surface area contributed by atoms with E-state index in [9.17, 15) is 13.2 Å². The third-order valence-corrected chi connectivity index (χ3v) is 2.40. The third kappa shape index (κ3) is 6.62. The number of carbonyl (C=O) groups is 1. The van der Waals surface area contributed by atoms with E-state index in [1.54, 1.807) is 13.0 Å². The van der Waals surface area contributed by atoms with Crippen molar-refractivity contribution >= 4 is 16.3 Å². The topological polar surface area (TPSA) is 73.3 Å². The summed E-state index contributed by atoms with van der Waals surface area (Å²) in [7, 11) is -3.07. The lowest BCUT2D eigenvalue weighted by Crippen LogP contribution is -1.96. The van der Waals surface area contributed by atoms with E-state index in [0.717, 1.165) is 6.26 Å². The summed E-state index contributed by atoms with van der Waals surface area (Å²) in [5.41, 5.74) is 0. The summed E-state index contributed by atoms with van der Waals surface area (Å²) in [6.45, 7) is 2.66. The lowest BCUT2D eigenvalue weighted by molar-refractivity contribution is -0.128. The molecule has 0 bridgehead atoms. The molecule has 1 heterocycles. The van der Waals surface area contributed by atoms with E-state index in [4.69, 9.17) is 0 Å². The molecule has 0 aliphatic rings. The first kappa shape index (κ1) is 13.6. The summed E-state index contributed by atoms with van der Waals surface area (Å²) in [5.74, 6) is 0. The van der Waals surface area contributed by atoms with Gasteiger partial charge in [0, 0.05) is 18.6 Å². The molecule has 1 rings (SSSR count). The van der Waals surface area contributed by atoms with Gasteiger partial charge in [0.05, 0.1) is 11.5 Å². The zero-order chi connectivity index (χ0) is 11.7. The Balaban J connectivity index is 0.000000336. The van der Waals surface area contributed by atoms with E-state index in [2.05, 4.69) is 9.72 Å². The van der Waals surface area contributed by atoms with Crippen molar-refractivity contribution in [2.45, 2.75) is 11.8 Å².